The molecule has 4 rings (SSSR count). The van der Waals surface area contributed by atoms with Crippen LogP contribution in [-0.2, 0) is 9.59 Å². The number of hydrogen-bond acceptors (Lipinski definition) is 3. The van der Waals surface area contributed by atoms with Crippen molar-refractivity contribution in [1.29, 1.82) is 0 Å². The minimum Gasteiger partial charge on any atom is -0.383 e. The molecule has 4 fully saturated rings. The van der Waals surface area contributed by atoms with E-state index >= 15 is 0 Å². The molecule has 0 aromatic heterocycles. The summed E-state index contributed by atoms with van der Waals surface area (Å²) in [5.74, 6) is 3.87. The van der Waals surface area contributed by atoms with Crippen molar-refractivity contribution in [2.75, 3.05) is 14.1 Å². The van der Waals surface area contributed by atoms with Crippen molar-refractivity contribution in [3.05, 3.63) is 11.8 Å². The molecule has 0 unspecified atom stereocenters. The van der Waals surface area contributed by atoms with E-state index in [9.17, 15) is 9.59 Å². The third kappa shape index (κ3) is 3.45. The highest BCUT2D eigenvalue weighted by atomic mass is 16.2. The molecule has 24 heavy (non-hydrogen) atoms. The van der Waals surface area contributed by atoms with Crippen molar-refractivity contribution in [2.45, 2.75) is 59.3 Å². The van der Waals surface area contributed by atoms with E-state index in [1.165, 1.54) is 32.1 Å². The van der Waals surface area contributed by atoms with Crippen LogP contribution in [0.1, 0.15) is 59.3 Å². The molecule has 4 bridgehead atoms. The van der Waals surface area contributed by atoms with Gasteiger partial charge in [0.2, 0.25) is 0 Å². The van der Waals surface area contributed by atoms with Gasteiger partial charge in [-0.15, -0.1) is 0 Å². The predicted molar refractivity (Wildman–Crippen MR) is 96.4 cm³/mol. The first-order valence-electron chi connectivity index (χ1n) is 9.61. The third-order valence-corrected chi connectivity index (χ3v) is 6.46. The Kier molecular flexibility index (Phi) is 4.65. The molecular weight excluding hydrogens is 298 g/mol. The monoisotopic (exact) mass is 331 g/mol. The van der Waals surface area contributed by atoms with Crippen molar-refractivity contribution >= 4 is 11.6 Å². The normalized spacial score (nSPS) is 35.2. The minimum atomic E-state index is -0.512. The van der Waals surface area contributed by atoms with Gasteiger partial charge in [0.15, 0.2) is 11.6 Å². The second kappa shape index (κ2) is 6.31. The Hall–Kier alpha value is -1.12. The highest BCUT2D eigenvalue weighted by Crippen LogP contribution is 2.57. The Morgan fingerprint density at radius 3 is 1.88 bits per heavy atom. The summed E-state index contributed by atoms with van der Waals surface area (Å²) < 4.78 is 0. The number of allylic oxidation sites excluding steroid dienone is 1. The van der Waals surface area contributed by atoms with Crippen LogP contribution in [0.3, 0.4) is 0 Å². The molecule has 0 saturated heterocycles. The third-order valence-electron chi connectivity index (χ3n) is 6.46. The van der Waals surface area contributed by atoms with Crippen molar-refractivity contribution in [3.63, 3.8) is 0 Å². The van der Waals surface area contributed by atoms with Crippen molar-refractivity contribution in [3.8, 4) is 0 Å². The molecule has 0 spiro atoms. The predicted octanol–water partition coefficient (Wildman–Crippen LogP) is 4.08. The molecule has 4 aliphatic rings. The fraction of sp³-hybridized carbons (Fsp3) is 0.810. The number of Topliss-reactive ketones (excluding diaryl/α,β-unsaturated/α-hetero) is 2. The number of carbonyl (C=O) groups excluding carboxylic acids is 2. The largest absolute Gasteiger partial charge is 0.383 e. The second-order valence-electron chi connectivity index (χ2n) is 9.81. The van der Waals surface area contributed by atoms with Crippen LogP contribution < -0.4 is 0 Å². The van der Waals surface area contributed by atoms with Gasteiger partial charge in [-0.25, -0.2) is 0 Å². The summed E-state index contributed by atoms with van der Waals surface area (Å²) in [6.07, 6.45) is 9.05. The van der Waals surface area contributed by atoms with E-state index in [2.05, 4.69) is 0 Å². The van der Waals surface area contributed by atoms with Gasteiger partial charge in [0, 0.05) is 32.1 Å². The second-order valence-corrected chi connectivity index (χ2v) is 9.81. The summed E-state index contributed by atoms with van der Waals surface area (Å²) >= 11 is 0. The van der Waals surface area contributed by atoms with Gasteiger partial charge in [-0.1, -0.05) is 20.8 Å². The zero-order chi connectivity index (χ0) is 17.6. The Bertz CT molecular complexity index is 525. The lowest BCUT2D eigenvalue weighted by Crippen LogP contribution is -2.46. The lowest BCUT2D eigenvalue weighted by molar-refractivity contribution is -0.128. The molecule has 0 radical (unpaired) electrons. The van der Waals surface area contributed by atoms with Gasteiger partial charge in [0.1, 0.15) is 0 Å². The van der Waals surface area contributed by atoms with Crippen LogP contribution in [0.2, 0.25) is 0 Å². The first kappa shape index (κ1) is 17.7. The summed E-state index contributed by atoms with van der Waals surface area (Å²) in [7, 11) is 3.76. The summed E-state index contributed by atoms with van der Waals surface area (Å²) in [4.78, 5) is 27.6. The number of carbonyl (C=O) groups is 2. The standard InChI is InChI=1S/C21H33NO2/c1-21(2,3)20(24)18(12-22(4)5)19(23)11-17-15-7-13-6-14(9-15)10-16(17)8-13/h12-17H,6-11H2,1-5H3/b18-12+. The molecule has 0 heterocycles. The van der Waals surface area contributed by atoms with E-state index in [1.807, 2.05) is 39.8 Å². The molecule has 0 aromatic carbocycles. The van der Waals surface area contributed by atoms with Gasteiger partial charge in [-0.05, 0) is 61.7 Å². The molecular formula is C21H33NO2. The van der Waals surface area contributed by atoms with E-state index in [1.54, 1.807) is 6.20 Å². The van der Waals surface area contributed by atoms with Crippen LogP contribution in [-0.4, -0.2) is 30.6 Å². The van der Waals surface area contributed by atoms with Gasteiger partial charge in [-0.2, -0.15) is 0 Å². The summed E-state index contributed by atoms with van der Waals surface area (Å²) in [5, 5.41) is 0. The van der Waals surface area contributed by atoms with Gasteiger partial charge in [0.25, 0.3) is 0 Å². The number of rotatable bonds is 5. The molecule has 4 saturated carbocycles. The smallest absolute Gasteiger partial charge is 0.173 e. The molecule has 0 atom stereocenters. The van der Waals surface area contributed by atoms with Crippen LogP contribution in [0, 0.1) is 35.0 Å². The van der Waals surface area contributed by atoms with Crippen molar-refractivity contribution in [2.24, 2.45) is 35.0 Å². The zero-order valence-electron chi connectivity index (χ0n) is 16.0. The van der Waals surface area contributed by atoms with Gasteiger partial charge >= 0.3 is 0 Å². The molecule has 0 amide bonds. The Labute approximate surface area is 146 Å². The van der Waals surface area contributed by atoms with E-state index in [-0.39, 0.29) is 11.6 Å². The topological polar surface area (TPSA) is 37.4 Å². The van der Waals surface area contributed by atoms with Crippen LogP contribution in [0.15, 0.2) is 11.8 Å². The molecule has 0 aliphatic heterocycles. The maximum absolute atomic E-state index is 13.0. The van der Waals surface area contributed by atoms with E-state index in [0.29, 0.717) is 17.9 Å². The van der Waals surface area contributed by atoms with Crippen LogP contribution >= 0.6 is 0 Å². The van der Waals surface area contributed by atoms with Gasteiger partial charge in [-0.3, -0.25) is 9.59 Å². The number of ketones is 2. The summed E-state index contributed by atoms with van der Waals surface area (Å²) in [6, 6.07) is 0. The maximum Gasteiger partial charge on any atom is 0.173 e. The fourth-order valence-electron chi connectivity index (χ4n) is 5.61. The van der Waals surface area contributed by atoms with E-state index in [4.69, 9.17) is 0 Å². The molecule has 3 nitrogen and oxygen atoms in total. The lowest BCUT2D eigenvalue weighted by atomic mass is 9.51. The highest BCUT2D eigenvalue weighted by Gasteiger charge is 2.48. The lowest BCUT2D eigenvalue weighted by Gasteiger charge is -2.54. The van der Waals surface area contributed by atoms with Gasteiger partial charge in [0.05, 0.1) is 5.57 Å². The van der Waals surface area contributed by atoms with Crippen molar-refractivity contribution in [1.82, 2.24) is 4.90 Å². The summed E-state index contributed by atoms with van der Waals surface area (Å²) in [5.41, 5.74) is -0.108. The number of hydrogen-bond donors (Lipinski definition) is 0. The fourth-order valence-corrected chi connectivity index (χ4v) is 5.61. The minimum absolute atomic E-state index is 0.0231. The zero-order valence-corrected chi connectivity index (χ0v) is 16.0. The average Bonchev–Trinajstić information content (AvgIpc) is 2.45. The van der Waals surface area contributed by atoms with Gasteiger partial charge < -0.3 is 4.90 Å². The first-order valence-corrected chi connectivity index (χ1v) is 9.61. The maximum atomic E-state index is 13.0. The Balaban J connectivity index is 1.75. The number of nitrogens with zero attached hydrogens (tertiary/aromatic N) is 1. The molecule has 3 heteroatoms. The molecule has 0 aromatic rings. The van der Waals surface area contributed by atoms with Crippen LogP contribution in [0.5, 0.6) is 0 Å². The van der Waals surface area contributed by atoms with Crippen LogP contribution in [0.25, 0.3) is 0 Å². The Morgan fingerprint density at radius 2 is 1.46 bits per heavy atom. The SMILES string of the molecule is CN(C)/C=C(\C(=O)CC1C2CC3CC(C2)CC1C3)C(=O)C(C)(C)C. The summed E-state index contributed by atoms with van der Waals surface area (Å²) in [6.45, 7) is 5.69. The first-order chi connectivity index (χ1) is 11.1. The molecule has 4 aliphatic carbocycles. The Morgan fingerprint density at radius 1 is 0.958 bits per heavy atom. The van der Waals surface area contributed by atoms with Crippen molar-refractivity contribution < 1.29 is 9.59 Å². The quantitative estimate of drug-likeness (QED) is 0.433. The van der Waals surface area contributed by atoms with Crippen LogP contribution in [0.4, 0.5) is 0 Å². The molecule has 0 N–H and O–H groups in total. The molecule has 134 valence electrons. The average molecular weight is 332 g/mol. The van der Waals surface area contributed by atoms with E-state index in [0.717, 1.165) is 23.7 Å². The highest BCUT2D eigenvalue weighted by molar-refractivity contribution is 6.21. The van der Waals surface area contributed by atoms with E-state index < -0.39 is 5.41 Å².